The second-order valence-electron chi connectivity index (χ2n) is 6.46. The number of aromatic nitrogens is 2. The van der Waals surface area contributed by atoms with Crippen molar-refractivity contribution in [2.24, 2.45) is 0 Å². The first-order chi connectivity index (χ1) is 14.0. The van der Waals surface area contributed by atoms with Gasteiger partial charge in [0, 0.05) is 23.5 Å². The Kier molecular flexibility index (Phi) is 6.29. The van der Waals surface area contributed by atoms with Crippen LogP contribution < -0.4 is 0 Å². The minimum atomic E-state index is -0.511. The summed E-state index contributed by atoms with van der Waals surface area (Å²) in [5.41, 5.74) is 3.22. The molecule has 0 unspecified atom stereocenters. The van der Waals surface area contributed by atoms with E-state index in [1.54, 1.807) is 30.3 Å². The number of hydrogen-bond acceptors (Lipinski definition) is 6. The molecule has 0 spiro atoms. The molecule has 0 N–H and O–H groups in total. The van der Waals surface area contributed by atoms with Crippen LogP contribution in [0.4, 0.5) is 0 Å². The van der Waals surface area contributed by atoms with Gasteiger partial charge in [-0.3, -0.25) is 4.57 Å². The number of benzene rings is 1. The third-order valence-corrected chi connectivity index (χ3v) is 4.28. The zero-order valence-corrected chi connectivity index (χ0v) is 16.5. The molecule has 0 atom stereocenters. The van der Waals surface area contributed by atoms with E-state index in [4.69, 9.17) is 14.0 Å². The SMILES string of the molecule is Cc1cc(-n2c(C)cc(/C=C/C(=O)OCCOC(=O)c3ccccc3)c2C)no1. The molecule has 0 bridgehead atoms. The summed E-state index contributed by atoms with van der Waals surface area (Å²) < 4.78 is 17.2. The van der Waals surface area contributed by atoms with Crippen LogP contribution >= 0.6 is 0 Å². The Morgan fingerprint density at radius 2 is 1.79 bits per heavy atom. The lowest BCUT2D eigenvalue weighted by Gasteiger charge is -2.05. The number of carbonyl (C=O) groups is 2. The molecule has 150 valence electrons. The summed E-state index contributed by atoms with van der Waals surface area (Å²) in [6, 6.07) is 12.4. The van der Waals surface area contributed by atoms with Gasteiger partial charge in [-0.25, -0.2) is 9.59 Å². The monoisotopic (exact) mass is 394 g/mol. The normalized spacial score (nSPS) is 11.0. The van der Waals surface area contributed by atoms with E-state index in [1.165, 1.54) is 6.08 Å². The first-order valence-corrected chi connectivity index (χ1v) is 9.15. The summed E-state index contributed by atoms with van der Waals surface area (Å²) in [6.45, 7) is 5.70. The lowest BCUT2D eigenvalue weighted by Crippen LogP contribution is -2.12. The third kappa shape index (κ3) is 5.01. The summed E-state index contributed by atoms with van der Waals surface area (Å²) in [7, 11) is 0. The Morgan fingerprint density at radius 3 is 2.48 bits per heavy atom. The molecule has 29 heavy (non-hydrogen) atoms. The van der Waals surface area contributed by atoms with Gasteiger partial charge in [0.2, 0.25) is 0 Å². The summed E-state index contributed by atoms with van der Waals surface area (Å²) >= 11 is 0. The van der Waals surface area contributed by atoms with Crippen LogP contribution in [0.5, 0.6) is 0 Å². The second-order valence-corrected chi connectivity index (χ2v) is 6.46. The molecule has 0 saturated heterocycles. The highest BCUT2D eigenvalue weighted by atomic mass is 16.6. The Balaban J connectivity index is 1.51. The molecule has 0 radical (unpaired) electrons. The molecule has 2 heterocycles. The molecule has 0 amide bonds. The molecule has 0 aliphatic rings. The van der Waals surface area contributed by atoms with Crippen molar-refractivity contribution >= 4 is 18.0 Å². The fourth-order valence-corrected chi connectivity index (χ4v) is 2.91. The molecular formula is C22H22N2O5. The predicted octanol–water partition coefficient (Wildman–Crippen LogP) is 3.80. The van der Waals surface area contributed by atoms with Gasteiger partial charge in [0.05, 0.1) is 5.56 Å². The molecule has 2 aromatic heterocycles. The summed E-state index contributed by atoms with van der Waals surface area (Å²) in [5, 5.41) is 4.03. The van der Waals surface area contributed by atoms with Crippen molar-refractivity contribution in [1.29, 1.82) is 0 Å². The van der Waals surface area contributed by atoms with E-state index in [1.807, 2.05) is 43.5 Å². The smallest absolute Gasteiger partial charge is 0.338 e. The van der Waals surface area contributed by atoms with E-state index in [0.717, 1.165) is 22.7 Å². The minimum absolute atomic E-state index is 0.00662. The van der Waals surface area contributed by atoms with Gasteiger partial charge < -0.3 is 14.0 Å². The van der Waals surface area contributed by atoms with Crippen LogP contribution in [0.2, 0.25) is 0 Å². The van der Waals surface area contributed by atoms with Crippen LogP contribution in [0.15, 0.2) is 53.1 Å². The summed E-state index contributed by atoms with van der Waals surface area (Å²) in [6.07, 6.45) is 3.03. The van der Waals surface area contributed by atoms with E-state index in [0.29, 0.717) is 11.4 Å². The molecule has 3 rings (SSSR count). The van der Waals surface area contributed by atoms with Crippen molar-refractivity contribution in [2.45, 2.75) is 20.8 Å². The van der Waals surface area contributed by atoms with Crippen molar-refractivity contribution in [2.75, 3.05) is 13.2 Å². The van der Waals surface area contributed by atoms with Crippen LogP contribution in [0.25, 0.3) is 11.9 Å². The van der Waals surface area contributed by atoms with Crippen LogP contribution in [-0.2, 0) is 14.3 Å². The highest BCUT2D eigenvalue weighted by molar-refractivity contribution is 5.89. The number of nitrogens with zero attached hydrogens (tertiary/aromatic N) is 2. The number of aryl methyl sites for hydroxylation is 2. The fraction of sp³-hybridized carbons (Fsp3) is 0.227. The maximum atomic E-state index is 11.9. The topological polar surface area (TPSA) is 83.6 Å². The number of ether oxygens (including phenoxy) is 2. The lowest BCUT2D eigenvalue weighted by molar-refractivity contribution is -0.138. The first kappa shape index (κ1) is 20.1. The first-order valence-electron chi connectivity index (χ1n) is 9.15. The molecule has 3 aromatic rings. The molecule has 0 saturated carbocycles. The van der Waals surface area contributed by atoms with Crippen LogP contribution in [0.1, 0.15) is 33.1 Å². The standard InChI is InChI=1S/C22H22N2O5/c1-15-13-19(17(3)24(15)20-14-16(2)29-23-20)9-10-21(25)27-11-12-28-22(26)18-7-5-4-6-8-18/h4-10,13-14H,11-12H2,1-3H3/b10-9+. The summed E-state index contributed by atoms with van der Waals surface area (Å²) in [4.78, 5) is 23.7. The average molecular weight is 394 g/mol. The van der Waals surface area contributed by atoms with E-state index in [-0.39, 0.29) is 13.2 Å². The Hall–Kier alpha value is -3.61. The van der Waals surface area contributed by atoms with Gasteiger partial charge in [-0.1, -0.05) is 23.4 Å². The predicted molar refractivity (Wildman–Crippen MR) is 107 cm³/mol. The van der Waals surface area contributed by atoms with Gasteiger partial charge in [0.1, 0.15) is 19.0 Å². The van der Waals surface area contributed by atoms with Crippen molar-refractivity contribution < 1.29 is 23.6 Å². The fourth-order valence-electron chi connectivity index (χ4n) is 2.91. The van der Waals surface area contributed by atoms with Gasteiger partial charge >= 0.3 is 11.9 Å². The Bertz CT molecular complexity index is 1030. The van der Waals surface area contributed by atoms with Gasteiger partial charge in [-0.15, -0.1) is 0 Å². The molecular weight excluding hydrogens is 372 g/mol. The van der Waals surface area contributed by atoms with E-state index in [9.17, 15) is 9.59 Å². The molecule has 7 nitrogen and oxygen atoms in total. The molecule has 7 heteroatoms. The van der Waals surface area contributed by atoms with Crippen molar-refractivity contribution in [1.82, 2.24) is 9.72 Å². The van der Waals surface area contributed by atoms with Crippen molar-refractivity contribution in [3.63, 3.8) is 0 Å². The number of carbonyl (C=O) groups excluding carboxylic acids is 2. The number of esters is 2. The molecule has 1 aromatic carbocycles. The zero-order valence-electron chi connectivity index (χ0n) is 16.5. The Morgan fingerprint density at radius 1 is 1.07 bits per heavy atom. The van der Waals surface area contributed by atoms with Crippen molar-refractivity contribution in [3.05, 3.63) is 76.8 Å². The van der Waals surface area contributed by atoms with Crippen LogP contribution in [-0.4, -0.2) is 34.9 Å². The van der Waals surface area contributed by atoms with Crippen LogP contribution in [0, 0.1) is 20.8 Å². The maximum Gasteiger partial charge on any atom is 0.338 e. The molecule has 0 aliphatic carbocycles. The largest absolute Gasteiger partial charge is 0.459 e. The van der Waals surface area contributed by atoms with Gasteiger partial charge in [0.25, 0.3) is 0 Å². The number of rotatable bonds is 7. The maximum absolute atomic E-state index is 11.9. The van der Waals surface area contributed by atoms with E-state index in [2.05, 4.69) is 5.16 Å². The minimum Gasteiger partial charge on any atom is -0.459 e. The third-order valence-electron chi connectivity index (χ3n) is 4.28. The number of hydrogen-bond donors (Lipinski definition) is 0. The second kappa shape index (κ2) is 9.05. The summed E-state index contributed by atoms with van der Waals surface area (Å²) in [5.74, 6) is 0.455. The zero-order chi connectivity index (χ0) is 20.8. The highest BCUT2D eigenvalue weighted by Gasteiger charge is 2.12. The Labute approximate surface area is 168 Å². The van der Waals surface area contributed by atoms with Crippen LogP contribution in [0.3, 0.4) is 0 Å². The van der Waals surface area contributed by atoms with E-state index >= 15 is 0 Å². The van der Waals surface area contributed by atoms with Gasteiger partial charge in [-0.2, -0.15) is 0 Å². The average Bonchev–Trinajstić information content (AvgIpc) is 3.26. The van der Waals surface area contributed by atoms with Gasteiger partial charge in [0.15, 0.2) is 5.82 Å². The van der Waals surface area contributed by atoms with E-state index < -0.39 is 11.9 Å². The van der Waals surface area contributed by atoms with Crippen molar-refractivity contribution in [3.8, 4) is 5.82 Å². The quantitative estimate of drug-likeness (QED) is 0.344. The highest BCUT2D eigenvalue weighted by Crippen LogP contribution is 2.21. The molecule has 0 aliphatic heterocycles. The molecule has 0 fully saturated rings. The lowest BCUT2D eigenvalue weighted by atomic mass is 10.2. The van der Waals surface area contributed by atoms with Gasteiger partial charge in [-0.05, 0) is 50.6 Å².